The lowest BCUT2D eigenvalue weighted by atomic mass is 9.52. The number of rotatable bonds is 2. The highest BCUT2D eigenvalue weighted by molar-refractivity contribution is 7.32. The molecule has 1 spiro atoms. The molecule has 364 valence electrons. The van der Waals surface area contributed by atoms with Crippen molar-refractivity contribution in [3.05, 3.63) is 103 Å². The first-order chi connectivity index (χ1) is 30.2. The van der Waals surface area contributed by atoms with Gasteiger partial charge in [-0.05, 0) is 125 Å². The number of hydrogen-bond donors (Lipinski definition) is 1. The van der Waals surface area contributed by atoms with Crippen LogP contribution in [0.2, 0.25) is 0 Å². The van der Waals surface area contributed by atoms with E-state index in [-0.39, 0.29) is 43.3 Å². The number of fused-ring (bicyclic) bond motifs is 5. The molecule has 0 saturated heterocycles. The largest absolute Gasteiger partial charge is 0.507 e. The summed E-state index contributed by atoms with van der Waals surface area (Å²) in [4.78, 5) is 0. The lowest BCUT2D eigenvalue weighted by Crippen LogP contribution is -2.49. The average Bonchev–Trinajstić information content (AvgIpc) is 3.46. The first-order valence-corrected chi connectivity index (χ1v) is 26.6. The van der Waals surface area contributed by atoms with Crippen LogP contribution in [0.15, 0.2) is 44.8 Å². The van der Waals surface area contributed by atoms with E-state index in [9.17, 15) is 5.11 Å². The van der Waals surface area contributed by atoms with Gasteiger partial charge in [-0.15, -0.1) is 0 Å². The van der Waals surface area contributed by atoms with Gasteiger partial charge in [-0.25, -0.2) is 0 Å². The Hall–Kier alpha value is -3.62. The van der Waals surface area contributed by atoms with Crippen LogP contribution in [0, 0.1) is 11.8 Å². The molecule has 0 radical (unpaired) electrons. The molecule has 3 aliphatic carbocycles. The second kappa shape index (κ2) is 15.0. The third-order valence-corrected chi connectivity index (χ3v) is 16.9. The van der Waals surface area contributed by atoms with Crippen molar-refractivity contribution in [2.24, 2.45) is 11.8 Å². The van der Waals surface area contributed by atoms with Gasteiger partial charge in [0.25, 0.3) is 0 Å². The summed E-state index contributed by atoms with van der Waals surface area (Å²) in [5, 5.41) is 15.2. The van der Waals surface area contributed by atoms with Crippen LogP contribution in [-0.2, 0) is 61.6 Å². The van der Waals surface area contributed by atoms with Crippen molar-refractivity contribution in [1.29, 1.82) is 0 Å². The Labute approximate surface area is 407 Å². The highest BCUT2D eigenvalue weighted by Gasteiger charge is 2.68. The fraction of sp³-hybridized carbons (Fsp3) is 0.613. The Kier molecular flexibility index (Phi) is 11.1. The molecule has 1 heterocycles. The Balaban J connectivity index is 1.58. The van der Waals surface area contributed by atoms with Gasteiger partial charge in [0.2, 0.25) is 0 Å². The molecule has 4 nitrogen and oxygen atoms in total. The standard InChI is InChI=1S/C62H87O4P/c1-54(2,3)34-26-38-39-27-35(55(4,5)6)31-46(60(19,20)21)52(39)65-67(64-51(38)45(30-34)59(16,17)18)66-53-47(61(22,23)24)33-43(57(10,11)12)41-29-37-25-36-28-40-42(56(7,8)9)32-44(58(13,14)15)50(63)48(40)62(36,37)49(41)53/h26-27,30-33,36-37,63H,25,28-29H2,1-24H3/t36-,37+,62?/m1/s1. The molecule has 67 heavy (non-hydrogen) atoms. The monoisotopic (exact) mass is 927 g/mol. The van der Waals surface area contributed by atoms with Gasteiger partial charge in [-0.1, -0.05) is 190 Å². The van der Waals surface area contributed by atoms with Crippen LogP contribution in [0.25, 0.3) is 21.9 Å². The van der Waals surface area contributed by atoms with Gasteiger partial charge < -0.3 is 18.0 Å². The Morgan fingerprint density at radius 3 is 1.16 bits per heavy atom. The van der Waals surface area contributed by atoms with Gasteiger partial charge in [0.15, 0.2) is 0 Å². The number of hydrogen-bond acceptors (Lipinski definition) is 4. The number of phenols is 1. The van der Waals surface area contributed by atoms with E-state index in [0.29, 0.717) is 17.6 Å². The predicted molar refractivity (Wildman–Crippen MR) is 286 cm³/mol. The van der Waals surface area contributed by atoms with Crippen molar-refractivity contribution >= 4 is 30.2 Å². The molecule has 0 aliphatic heterocycles. The van der Waals surface area contributed by atoms with Crippen LogP contribution in [0.3, 0.4) is 0 Å². The van der Waals surface area contributed by atoms with Gasteiger partial charge in [-0.3, -0.25) is 0 Å². The zero-order valence-corrected chi connectivity index (χ0v) is 47.3. The van der Waals surface area contributed by atoms with Crippen LogP contribution in [-0.4, -0.2) is 5.11 Å². The fourth-order valence-electron chi connectivity index (χ4n) is 12.2. The van der Waals surface area contributed by atoms with E-state index in [4.69, 9.17) is 12.9 Å². The molecule has 5 aromatic rings. The van der Waals surface area contributed by atoms with E-state index in [0.717, 1.165) is 63.6 Å². The van der Waals surface area contributed by atoms with Crippen molar-refractivity contribution in [3.63, 3.8) is 0 Å². The highest BCUT2D eigenvalue weighted by atomic mass is 31.1. The summed E-state index contributed by atoms with van der Waals surface area (Å²) in [6.07, 6.45) is 3.05. The number of benzene rings is 4. The minimum absolute atomic E-state index is 0.0977. The summed E-state index contributed by atoms with van der Waals surface area (Å²) in [7, 11) is -2.08. The minimum Gasteiger partial charge on any atom is -0.507 e. The maximum Gasteiger partial charge on any atom is 0.453 e. The molecule has 0 amide bonds. The van der Waals surface area contributed by atoms with Crippen LogP contribution < -0.4 is 4.52 Å². The third-order valence-electron chi connectivity index (χ3n) is 15.9. The smallest absolute Gasteiger partial charge is 0.453 e. The second-order valence-electron chi connectivity index (χ2n) is 29.5. The van der Waals surface area contributed by atoms with E-state index in [1.54, 1.807) is 0 Å². The molecule has 0 bridgehead atoms. The summed E-state index contributed by atoms with van der Waals surface area (Å²) in [6, 6.07) is 14.3. The normalized spacial score (nSPS) is 20.2. The Bertz CT molecular complexity index is 2780. The maximum atomic E-state index is 13.0. The zero-order valence-electron chi connectivity index (χ0n) is 46.4. The first-order valence-electron chi connectivity index (χ1n) is 25.5. The van der Waals surface area contributed by atoms with Gasteiger partial charge in [0.1, 0.15) is 22.7 Å². The quantitative estimate of drug-likeness (QED) is 0.192. The van der Waals surface area contributed by atoms with Crippen LogP contribution in [0.1, 0.15) is 239 Å². The van der Waals surface area contributed by atoms with Gasteiger partial charge in [0.05, 0.1) is 0 Å². The SMILES string of the molecule is CC(C)(C)c1cc(C(C)(C)C)c2op(Oc3c(C(C)(C)C)cc(C(C)(C)C)c4c3C35c6c(O)c(C(C)(C)C)cc(C(C)(C)C)c6C[C@H]3C[C@H]5C4)oc3c(C(C)(C)C)cc(C(C)(C)C)cc3c2c1. The molecule has 3 aliphatic rings. The summed E-state index contributed by atoms with van der Waals surface area (Å²) in [6.45, 7) is 55.5. The van der Waals surface area contributed by atoms with E-state index in [1.807, 2.05) is 0 Å². The van der Waals surface area contributed by atoms with Crippen molar-refractivity contribution in [2.45, 2.75) is 234 Å². The van der Waals surface area contributed by atoms with Crippen LogP contribution in [0.4, 0.5) is 0 Å². The topological polar surface area (TPSA) is 55.7 Å². The highest BCUT2D eigenvalue weighted by Crippen LogP contribution is 2.73. The first kappa shape index (κ1) is 49.8. The third kappa shape index (κ3) is 8.02. The van der Waals surface area contributed by atoms with E-state index >= 15 is 0 Å². The average molecular weight is 927 g/mol. The lowest BCUT2D eigenvalue weighted by Gasteiger charge is -2.51. The Morgan fingerprint density at radius 1 is 0.448 bits per heavy atom. The molecular weight excluding hydrogens is 840 g/mol. The molecule has 1 saturated carbocycles. The molecular formula is C62H87O4P. The van der Waals surface area contributed by atoms with E-state index in [2.05, 4.69) is 203 Å². The van der Waals surface area contributed by atoms with Crippen molar-refractivity contribution in [1.82, 2.24) is 0 Å². The minimum atomic E-state index is -2.08. The number of aromatic hydroxyl groups is 1. The molecule has 8 rings (SSSR count). The zero-order chi connectivity index (χ0) is 50.1. The van der Waals surface area contributed by atoms with Crippen molar-refractivity contribution in [3.8, 4) is 11.5 Å². The summed E-state index contributed by atoms with van der Waals surface area (Å²) >= 11 is 0. The van der Waals surface area contributed by atoms with Crippen LogP contribution >= 0.6 is 8.24 Å². The summed E-state index contributed by atoms with van der Waals surface area (Å²) in [5.41, 5.74) is 14.9. The van der Waals surface area contributed by atoms with E-state index in [1.165, 1.54) is 50.1 Å². The molecule has 1 unspecified atom stereocenters. The predicted octanol–water partition coefficient (Wildman–Crippen LogP) is 18.3. The molecule has 1 N–H and O–H groups in total. The summed E-state index contributed by atoms with van der Waals surface area (Å²) < 4.78 is 23.0. The van der Waals surface area contributed by atoms with Crippen molar-refractivity contribution < 1.29 is 18.0 Å². The molecule has 1 aromatic heterocycles. The van der Waals surface area contributed by atoms with Crippen LogP contribution in [0.5, 0.6) is 11.5 Å². The molecule has 3 atom stereocenters. The second-order valence-corrected chi connectivity index (χ2v) is 30.5. The molecule has 4 aromatic carbocycles. The molecule has 1 fully saturated rings. The van der Waals surface area contributed by atoms with Gasteiger partial charge in [-0.2, -0.15) is 0 Å². The molecule has 5 heteroatoms. The van der Waals surface area contributed by atoms with Gasteiger partial charge in [0, 0.05) is 44.0 Å². The van der Waals surface area contributed by atoms with Gasteiger partial charge >= 0.3 is 8.24 Å². The van der Waals surface area contributed by atoms with E-state index < -0.39 is 13.7 Å². The maximum absolute atomic E-state index is 13.0. The lowest BCUT2D eigenvalue weighted by molar-refractivity contribution is 0.0942. The van der Waals surface area contributed by atoms with Crippen molar-refractivity contribution in [2.75, 3.05) is 0 Å². The Morgan fingerprint density at radius 2 is 0.806 bits per heavy atom. The fourth-order valence-corrected chi connectivity index (χ4v) is 13.4. The number of phenolic OH excluding ortho intramolecular Hbond substituents is 1. The summed E-state index contributed by atoms with van der Waals surface area (Å²) in [5.74, 6) is 2.08.